The molecule has 0 spiro atoms. The second kappa shape index (κ2) is 3.52. The molecule has 0 N–H and O–H groups in total. The molecule has 0 aliphatic rings. The molecule has 1 heterocycles. The highest BCUT2D eigenvalue weighted by atomic mass is 79.9. The summed E-state index contributed by atoms with van der Waals surface area (Å²) in [5, 5.41) is 13.5. The Kier molecular flexibility index (Phi) is 2.50. The van der Waals surface area contributed by atoms with E-state index in [0.717, 1.165) is 5.39 Å². The van der Waals surface area contributed by atoms with Gasteiger partial charge in [0.15, 0.2) is 0 Å². The zero-order valence-corrected chi connectivity index (χ0v) is 10.0. The molecule has 3 nitrogen and oxygen atoms in total. The highest BCUT2D eigenvalue weighted by molar-refractivity contribution is 9.10. The van der Waals surface area contributed by atoms with Crippen molar-refractivity contribution < 1.29 is 4.92 Å². The van der Waals surface area contributed by atoms with E-state index in [1.54, 1.807) is 0 Å². The maximum absolute atomic E-state index is 10.8. The molecule has 1 aromatic carbocycles. The molecule has 0 unspecified atom stereocenters. The molecule has 0 amide bonds. The number of nitro groups is 1. The fourth-order valence-corrected chi connectivity index (χ4v) is 2.96. The summed E-state index contributed by atoms with van der Waals surface area (Å²) in [5.74, 6) is 0. The van der Waals surface area contributed by atoms with E-state index >= 15 is 0 Å². The molecule has 1 aromatic heterocycles. The third-order valence-electron chi connectivity index (χ3n) is 1.82. The Labute approximate surface area is 97.4 Å². The van der Waals surface area contributed by atoms with Gasteiger partial charge in [0.1, 0.15) is 9.17 Å². The first-order chi connectivity index (χ1) is 6.61. The molecule has 14 heavy (non-hydrogen) atoms. The molecule has 0 saturated heterocycles. The molecule has 0 saturated carbocycles. The van der Waals surface area contributed by atoms with Gasteiger partial charge in [-0.3, -0.25) is 10.1 Å². The fraction of sp³-hybridized carbons (Fsp3) is 0. The summed E-state index contributed by atoms with van der Waals surface area (Å²) in [5.41, 5.74) is 0.0995. The standard InChI is InChI=1S/C8H4BrNO2S2/c9-6-5(13)3-4-1-2-14-8(4)7(6)10(11)12/h1-3,13H. The van der Waals surface area contributed by atoms with Crippen molar-refractivity contribution in [2.75, 3.05) is 0 Å². The van der Waals surface area contributed by atoms with Gasteiger partial charge in [-0.25, -0.2) is 0 Å². The highest BCUT2D eigenvalue weighted by Gasteiger charge is 2.20. The minimum atomic E-state index is -0.386. The van der Waals surface area contributed by atoms with Crippen LogP contribution in [0.2, 0.25) is 0 Å². The fourth-order valence-electron chi connectivity index (χ4n) is 1.22. The number of hydrogen-bond donors (Lipinski definition) is 1. The predicted octanol–water partition coefficient (Wildman–Crippen LogP) is 3.86. The lowest BCUT2D eigenvalue weighted by Crippen LogP contribution is -1.90. The van der Waals surface area contributed by atoms with Crippen molar-refractivity contribution in [3.8, 4) is 0 Å². The number of nitro benzene ring substituents is 1. The zero-order chi connectivity index (χ0) is 10.3. The van der Waals surface area contributed by atoms with Crippen molar-refractivity contribution in [1.82, 2.24) is 0 Å². The van der Waals surface area contributed by atoms with E-state index in [9.17, 15) is 10.1 Å². The Morgan fingerprint density at radius 3 is 2.93 bits per heavy atom. The van der Waals surface area contributed by atoms with Gasteiger partial charge < -0.3 is 0 Å². The molecule has 0 fully saturated rings. The summed E-state index contributed by atoms with van der Waals surface area (Å²) in [4.78, 5) is 11.0. The van der Waals surface area contributed by atoms with E-state index in [-0.39, 0.29) is 10.6 Å². The van der Waals surface area contributed by atoms with Gasteiger partial charge in [0.2, 0.25) is 0 Å². The number of thiophene rings is 1. The normalized spacial score (nSPS) is 10.7. The quantitative estimate of drug-likeness (QED) is 0.492. The van der Waals surface area contributed by atoms with Crippen molar-refractivity contribution >= 4 is 55.7 Å². The Balaban J connectivity index is 2.93. The number of halogens is 1. The van der Waals surface area contributed by atoms with Crippen LogP contribution in [-0.4, -0.2) is 4.92 Å². The highest BCUT2D eigenvalue weighted by Crippen LogP contribution is 2.40. The van der Waals surface area contributed by atoms with Gasteiger partial charge in [0, 0.05) is 10.3 Å². The first-order valence-electron chi connectivity index (χ1n) is 3.64. The zero-order valence-electron chi connectivity index (χ0n) is 6.73. The van der Waals surface area contributed by atoms with Gasteiger partial charge in [-0.15, -0.1) is 24.0 Å². The largest absolute Gasteiger partial charge is 0.302 e. The molecular weight excluding hydrogens is 286 g/mol. The summed E-state index contributed by atoms with van der Waals surface area (Å²) in [6.07, 6.45) is 0. The van der Waals surface area contributed by atoms with Crippen molar-refractivity contribution in [3.63, 3.8) is 0 Å². The number of fused-ring (bicyclic) bond motifs is 1. The average molecular weight is 290 g/mol. The smallest absolute Gasteiger partial charge is 0.258 e. The van der Waals surface area contributed by atoms with E-state index in [4.69, 9.17) is 0 Å². The lowest BCUT2D eigenvalue weighted by atomic mass is 10.2. The van der Waals surface area contributed by atoms with E-state index in [1.807, 2.05) is 17.5 Å². The van der Waals surface area contributed by atoms with Gasteiger partial charge in [-0.05, 0) is 33.4 Å². The first-order valence-corrected chi connectivity index (χ1v) is 5.76. The predicted molar refractivity (Wildman–Crippen MR) is 63.4 cm³/mol. The van der Waals surface area contributed by atoms with Crippen molar-refractivity contribution in [2.45, 2.75) is 4.90 Å². The van der Waals surface area contributed by atoms with Crippen LogP contribution in [0.15, 0.2) is 26.9 Å². The number of nitrogens with zero attached hydrogens (tertiary/aromatic N) is 1. The average Bonchev–Trinajstić information content (AvgIpc) is 2.52. The maximum atomic E-state index is 10.8. The second-order valence-electron chi connectivity index (χ2n) is 2.65. The minimum absolute atomic E-state index is 0.0995. The molecule has 2 rings (SSSR count). The molecule has 2 aromatic rings. The van der Waals surface area contributed by atoms with Gasteiger partial charge in [-0.1, -0.05) is 0 Å². The van der Waals surface area contributed by atoms with Crippen molar-refractivity contribution in [1.29, 1.82) is 0 Å². The number of benzene rings is 1. The summed E-state index contributed by atoms with van der Waals surface area (Å²) in [7, 11) is 0. The summed E-state index contributed by atoms with van der Waals surface area (Å²) < 4.78 is 1.13. The lowest BCUT2D eigenvalue weighted by Gasteiger charge is -2.00. The first kappa shape index (κ1) is 9.95. The Morgan fingerprint density at radius 2 is 2.29 bits per heavy atom. The van der Waals surface area contributed by atoms with Crippen LogP contribution in [0.4, 0.5) is 5.69 Å². The number of thiol groups is 1. The summed E-state index contributed by atoms with van der Waals surface area (Å²) in [6, 6.07) is 3.66. The molecule has 0 aliphatic heterocycles. The number of rotatable bonds is 1. The second-order valence-corrected chi connectivity index (χ2v) is 4.85. The maximum Gasteiger partial charge on any atom is 0.302 e. The monoisotopic (exact) mass is 289 g/mol. The van der Waals surface area contributed by atoms with Crippen LogP contribution in [0.25, 0.3) is 10.1 Å². The van der Waals surface area contributed by atoms with E-state index in [1.165, 1.54) is 11.3 Å². The Bertz CT molecular complexity index is 523. The molecule has 72 valence electrons. The van der Waals surface area contributed by atoms with Crippen molar-refractivity contribution in [3.05, 3.63) is 32.1 Å². The van der Waals surface area contributed by atoms with Crippen LogP contribution in [0.5, 0.6) is 0 Å². The van der Waals surface area contributed by atoms with Crippen LogP contribution in [0.3, 0.4) is 0 Å². The van der Waals surface area contributed by atoms with E-state index < -0.39 is 0 Å². The molecule has 0 radical (unpaired) electrons. The molecule has 0 bridgehead atoms. The summed E-state index contributed by atoms with van der Waals surface area (Å²) in [6.45, 7) is 0. The van der Waals surface area contributed by atoms with Crippen LogP contribution < -0.4 is 0 Å². The minimum Gasteiger partial charge on any atom is -0.258 e. The molecular formula is C8H4BrNO2S2. The third kappa shape index (κ3) is 1.43. The van der Waals surface area contributed by atoms with E-state index in [0.29, 0.717) is 14.1 Å². The van der Waals surface area contributed by atoms with Crippen LogP contribution >= 0.6 is 39.9 Å². The molecule has 0 aliphatic carbocycles. The lowest BCUT2D eigenvalue weighted by molar-refractivity contribution is -0.383. The van der Waals surface area contributed by atoms with E-state index in [2.05, 4.69) is 28.6 Å². The SMILES string of the molecule is O=[N+]([O-])c1c(Br)c(S)cc2ccsc12. The van der Waals surface area contributed by atoms with Crippen LogP contribution in [-0.2, 0) is 0 Å². The van der Waals surface area contributed by atoms with Crippen LogP contribution in [0.1, 0.15) is 0 Å². The van der Waals surface area contributed by atoms with Gasteiger partial charge in [-0.2, -0.15) is 0 Å². The topological polar surface area (TPSA) is 43.1 Å². The van der Waals surface area contributed by atoms with Gasteiger partial charge in [0.25, 0.3) is 0 Å². The Morgan fingerprint density at radius 1 is 1.57 bits per heavy atom. The van der Waals surface area contributed by atoms with Gasteiger partial charge >= 0.3 is 5.69 Å². The molecule has 0 atom stereocenters. The third-order valence-corrected chi connectivity index (χ3v) is 4.22. The number of hydrogen-bond acceptors (Lipinski definition) is 4. The van der Waals surface area contributed by atoms with Crippen LogP contribution in [0, 0.1) is 10.1 Å². The molecule has 6 heteroatoms. The summed E-state index contributed by atoms with van der Waals surface area (Å²) >= 11 is 8.70. The van der Waals surface area contributed by atoms with Crippen molar-refractivity contribution in [2.24, 2.45) is 0 Å². The Hall–Kier alpha value is -0.590. The van der Waals surface area contributed by atoms with Gasteiger partial charge in [0.05, 0.1) is 4.92 Å².